The normalized spacial score (nSPS) is 23.0. The van der Waals surface area contributed by atoms with Crippen LogP contribution < -0.4 is 0 Å². The third-order valence-corrected chi connectivity index (χ3v) is 6.65. The fraction of sp³-hybridized carbons (Fsp3) is 0.400. The lowest BCUT2D eigenvalue weighted by molar-refractivity contribution is -0.129. The van der Waals surface area contributed by atoms with Crippen molar-refractivity contribution in [3.8, 4) is 0 Å². The molecule has 2 aliphatic rings. The average Bonchev–Trinajstić information content (AvgIpc) is 3.16. The van der Waals surface area contributed by atoms with Gasteiger partial charge in [0, 0.05) is 50.6 Å². The number of amides is 1. The molecule has 0 spiro atoms. The first-order valence-electron chi connectivity index (χ1n) is 9.14. The van der Waals surface area contributed by atoms with Gasteiger partial charge < -0.3 is 4.90 Å². The quantitative estimate of drug-likeness (QED) is 0.786. The maximum atomic E-state index is 12.6. The standard InChI is InChI=1S/C20H23N3O3S/c1-27(25,26)17-7-5-15(6-8-17)13-23-18-9-11-22(19(18)12-20(23)24)14-16-4-2-3-10-21-16/h2-8,10,18-19H,9,11-14H2,1H3/t18-,19-/m0/s1. The lowest BCUT2D eigenvalue weighted by Crippen LogP contribution is -2.36. The lowest BCUT2D eigenvalue weighted by Gasteiger charge is -2.25. The highest BCUT2D eigenvalue weighted by molar-refractivity contribution is 7.90. The number of carbonyl (C=O) groups is 1. The molecule has 4 rings (SSSR count). The van der Waals surface area contributed by atoms with E-state index in [0.29, 0.717) is 17.9 Å². The van der Waals surface area contributed by atoms with Gasteiger partial charge in [-0.1, -0.05) is 18.2 Å². The van der Waals surface area contributed by atoms with Crippen LogP contribution in [0.1, 0.15) is 24.1 Å². The maximum Gasteiger partial charge on any atom is 0.224 e. The Balaban J connectivity index is 1.45. The molecule has 27 heavy (non-hydrogen) atoms. The Kier molecular flexibility index (Phi) is 4.74. The van der Waals surface area contributed by atoms with Crippen LogP contribution >= 0.6 is 0 Å². The van der Waals surface area contributed by atoms with E-state index in [-0.39, 0.29) is 18.0 Å². The highest BCUT2D eigenvalue weighted by atomic mass is 32.2. The number of rotatable bonds is 5. The Hall–Kier alpha value is -2.25. The summed E-state index contributed by atoms with van der Waals surface area (Å²) in [5, 5.41) is 0. The van der Waals surface area contributed by atoms with Crippen molar-refractivity contribution < 1.29 is 13.2 Å². The molecule has 0 bridgehead atoms. The van der Waals surface area contributed by atoms with Gasteiger partial charge in [-0.05, 0) is 36.2 Å². The van der Waals surface area contributed by atoms with Crippen LogP contribution in [0.2, 0.25) is 0 Å². The largest absolute Gasteiger partial charge is 0.334 e. The monoisotopic (exact) mass is 385 g/mol. The van der Waals surface area contributed by atoms with E-state index in [0.717, 1.165) is 30.8 Å². The molecule has 2 saturated heterocycles. The molecule has 0 aliphatic carbocycles. The first-order chi connectivity index (χ1) is 12.9. The van der Waals surface area contributed by atoms with E-state index in [2.05, 4.69) is 9.88 Å². The number of likely N-dealkylation sites (tertiary alicyclic amines) is 2. The zero-order chi connectivity index (χ0) is 19.0. The minimum absolute atomic E-state index is 0.169. The van der Waals surface area contributed by atoms with Gasteiger partial charge in [0.25, 0.3) is 0 Å². The Morgan fingerprint density at radius 1 is 1.07 bits per heavy atom. The van der Waals surface area contributed by atoms with Gasteiger partial charge in [-0.3, -0.25) is 14.7 Å². The molecule has 0 unspecified atom stereocenters. The highest BCUT2D eigenvalue weighted by Crippen LogP contribution is 2.34. The Morgan fingerprint density at radius 2 is 1.85 bits per heavy atom. The number of nitrogens with zero attached hydrogens (tertiary/aromatic N) is 3. The number of fused-ring (bicyclic) bond motifs is 1. The molecule has 0 saturated carbocycles. The van der Waals surface area contributed by atoms with Gasteiger partial charge in [0.1, 0.15) is 0 Å². The SMILES string of the molecule is CS(=O)(=O)c1ccc(CN2C(=O)C[C@H]3[C@@H]2CCN3Cc2ccccn2)cc1. The number of aromatic nitrogens is 1. The van der Waals surface area contributed by atoms with Gasteiger partial charge in [-0.2, -0.15) is 0 Å². The van der Waals surface area contributed by atoms with Crippen LogP contribution in [0.15, 0.2) is 53.6 Å². The molecule has 7 heteroatoms. The van der Waals surface area contributed by atoms with Gasteiger partial charge in [0.05, 0.1) is 10.6 Å². The summed E-state index contributed by atoms with van der Waals surface area (Å²) in [6, 6.07) is 13.2. The van der Waals surface area contributed by atoms with Crippen molar-refractivity contribution in [2.75, 3.05) is 12.8 Å². The fourth-order valence-electron chi connectivity index (χ4n) is 4.15. The van der Waals surface area contributed by atoms with Crippen LogP contribution in [-0.2, 0) is 27.7 Å². The highest BCUT2D eigenvalue weighted by Gasteiger charge is 2.46. The Bertz CT molecular complexity index is 929. The third kappa shape index (κ3) is 3.75. The second-order valence-corrected chi connectivity index (χ2v) is 9.37. The van der Waals surface area contributed by atoms with E-state index in [1.54, 1.807) is 30.5 Å². The predicted octanol–water partition coefficient (Wildman–Crippen LogP) is 1.86. The molecule has 2 aliphatic heterocycles. The van der Waals surface area contributed by atoms with E-state index >= 15 is 0 Å². The Labute approximate surface area is 159 Å². The average molecular weight is 385 g/mol. The van der Waals surface area contributed by atoms with Gasteiger partial charge in [-0.25, -0.2) is 8.42 Å². The van der Waals surface area contributed by atoms with Crippen LogP contribution in [0.4, 0.5) is 0 Å². The second-order valence-electron chi connectivity index (χ2n) is 7.36. The maximum absolute atomic E-state index is 12.6. The first kappa shape index (κ1) is 18.1. The van der Waals surface area contributed by atoms with Crippen LogP contribution in [0.25, 0.3) is 0 Å². The van der Waals surface area contributed by atoms with E-state index in [9.17, 15) is 13.2 Å². The van der Waals surface area contributed by atoms with Crippen molar-refractivity contribution >= 4 is 15.7 Å². The van der Waals surface area contributed by atoms with Crippen molar-refractivity contribution in [3.05, 3.63) is 59.9 Å². The number of sulfone groups is 1. The summed E-state index contributed by atoms with van der Waals surface area (Å²) in [6.45, 7) is 2.26. The summed E-state index contributed by atoms with van der Waals surface area (Å²) in [5.74, 6) is 0.169. The molecule has 3 heterocycles. The molecule has 0 N–H and O–H groups in total. The molecule has 142 valence electrons. The van der Waals surface area contributed by atoms with Gasteiger partial charge in [0.2, 0.25) is 5.91 Å². The fourth-order valence-corrected chi connectivity index (χ4v) is 4.78. The van der Waals surface area contributed by atoms with Crippen molar-refractivity contribution in [1.82, 2.24) is 14.8 Å². The minimum atomic E-state index is -3.20. The second kappa shape index (κ2) is 7.05. The molecule has 2 fully saturated rings. The number of carbonyl (C=O) groups excluding carboxylic acids is 1. The van der Waals surface area contributed by atoms with Gasteiger partial charge >= 0.3 is 0 Å². The zero-order valence-corrected chi connectivity index (χ0v) is 16.1. The summed E-state index contributed by atoms with van der Waals surface area (Å²) in [4.78, 5) is 21.6. The third-order valence-electron chi connectivity index (χ3n) is 5.53. The van der Waals surface area contributed by atoms with Crippen molar-refractivity contribution in [3.63, 3.8) is 0 Å². The van der Waals surface area contributed by atoms with Crippen LogP contribution in [0.5, 0.6) is 0 Å². The first-order valence-corrected chi connectivity index (χ1v) is 11.0. The van der Waals surface area contributed by atoms with Gasteiger partial charge in [-0.15, -0.1) is 0 Å². The van der Waals surface area contributed by atoms with Crippen molar-refractivity contribution in [2.24, 2.45) is 0 Å². The smallest absolute Gasteiger partial charge is 0.224 e. The molecular formula is C20H23N3O3S. The minimum Gasteiger partial charge on any atom is -0.334 e. The summed E-state index contributed by atoms with van der Waals surface area (Å²) >= 11 is 0. The summed E-state index contributed by atoms with van der Waals surface area (Å²) < 4.78 is 23.2. The number of pyridine rings is 1. The molecule has 1 aromatic carbocycles. The van der Waals surface area contributed by atoms with Crippen LogP contribution in [0, 0.1) is 0 Å². The topological polar surface area (TPSA) is 70.6 Å². The predicted molar refractivity (Wildman–Crippen MR) is 102 cm³/mol. The number of benzene rings is 1. The molecule has 0 radical (unpaired) electrons. The molecule has 2 aromatic rings. The molecule has 1 aromatic heterocycles. The molecule has 1 amide bonds. The molecule has 6 nitrogen and oxygen atoms in total. The molecular weight excluding hydrogens is 362 g/mol. The molecule has 2 atom stereocenters. The van der Waals surface area contributed by atoms with Crippen molar-refractivity contribution in [1.29, 1.82) is 0 Å². The summed E-state index contributed by atoms with van der Waals surface area (Å²) in [5.41, 5.74) is 1.99. The number of hydrogen-bond acceptors (Lipinski definition) is 5. The van der Waals surface area contributed by atoms with Gasteiger partial charge in [0.15, 0.2) is 9.84 Å². The van der Waals surface area contributed by atoms with Crippen LogP contribution in [0.3, 0.4) is 0 Å². The van der Waals surface area contributed by atoms with E-state index in [1.165, 1.54) is 6.26 Å². The zero-order valence-electron chi connectivity index (χ0n) is 15.3. The van der Waals surface area contributed by atoms with E-state index in [1.807, 2.05) is 23.1 Å². The Morgan fingerprint density at radius 3 is 2.52 bits per heavy atom. The lowest BCUT2D eigenvalue weighted by atomic mass is 10.1. The van der Waals surface area contributed by atoms with E-state index in [4.69, 9.17) is 0 Å². The summed E-state index contributed by atoms with van der Waals surface area (Å²) in [7, 11) is -3.20. The van der Waals surface area contributed by atoms with Crippen molar-refractivity contribution in [2.45, 2.75) is 42.9 Å². The van der Waals surface area contributed by atoms with E-state index < -0.39 is 9.84 Å². The summed E-state index contributed by atoms with van der Waals surface area (Å²) in [6.07, 6.45) is 4.50. The van der Waals surface area contributed by atoms with Crippen LogP contribution in [-0.4, -0.2) is 54.0 Å². The number of hydrogen-bond donors (Lipinski definition) is 0.